The second-order valence-electron chi connectivity index (χ2n) is 4.02. The summed E-state index contributed by atoms with van der Waals surface area (Å²) in [6.45, 7) is -0.998. The number of aliphatic hydroxyl groups excluding tert-OH is 1. The Balaban J connectivity index is 3.02. The zero-order chi connectivity index (χ0) is 14.6. The highest BCUT2D eigenvalue weighted by Crippen LogP contribution is 2.23. The van der Waals surface area contributed by atoms with E-state index in [1.54, 1.807) is 0 Å². The first-order chi connectivity index (χ1) is 8.76. The van der Waals surface area contributed by atoms with Crippen LogP contribution in [0.25, 0.3) is 0 Å². The molecule has 0 saturated heterocycles. The van der Waals surface area contributed by atoms with E-state index >= 15 is 0 Å². The first-order valence-corrected chi connectivity index (χ1v) is 5.51. The average molecular weight is 277 g/mol. The molecule has 0 saturated carbocycles. The number of carbonyl (C=O) groups is 1. The highest BCUT2D eigenvalue weighted by atomic mass is 19.4. The number of carbonyl (C=O) groups excluding carboxylic acids is 1. The Hall–Kier alpha value is -1.76. The molecule has 0 aliphatic heterocycles. The van der Waals surface area contributed by atoms with E-state index in [9.17, 15) is 23.1 Å². The van der Waals surface area contributed by atoms with Gasteiger partial charge in [-0.15, -0.1) is 0 Å². The standard InChI is InChI=1S/C12H14F3NO3/c1-8-9(3-2-4-10(8)18)11(19)16(5-6-17)7-12(13,14)15/h2-4,17-18H,5-7H2,1H3. The van der Waals surface area contributed by atoms with Gasteiger partial charge >= 0.3 is 6.18 Å². The molecule has 0 bridgehead atoms. The van der Waals surface area contributed by atoms with E-state index < -0.39 is 31.8 Å². The summed E-state index contributed by atoms with van der Waals surface area (Å²) >= 11 is 0. The van der Waals surface area contributed by atoms with Crippen LogP contribution < -0.4 is 0 Å². The van der Waals surface area contributed by atoms with E-state index in [1.165, 1.54) is 25.1 Å². The monoisotopic (exact) mass is 277 g/mol. The van der Waals surface area contributed by atoms with Crippen LogP contribution in [-0.4, -0.2) is 46.9 Å². The maximum absolute atomic E-state index is 12.4. The van der Waals surface area contributed by atoms with Crippen LogP contribution in [0.2, 0.25) is 0 Å². The Labute approximate surface area is 108 Å². The first kappa shape index (κ1) is 15.3. The second kappa shape index (κ2) is 5.92. The third kappa shape index (κ3) is 4.13. The zero-order valence-electron chi connectivity index (χ0n) is 10.2. The molecule has 0 fully saturated rings. The van der Waals surface area contributed by atoms with E-state index in [0.29, 0.717) is 4.90 Å². The van der Waals surface area contributed by atoms with Crippen molar-refractivity contribution in [2.24, 2.45) is 0 Å². The highest BCUT2D eigenvalue weighted by Gasteiger charge is 2.33. The lowest BCUT2D eigenvalue weighted by Gasteiger charge is -2.24. The number of amides is 1. The minimum atomic E-state index is -4.55. The van der Waals surface area contributed by atoms with Gasteiger partial charge in [-0.2, -0.15) is 13.2 Å². The molecule has 1 aromatic rings. The molecule has 0 aliphatic carbocycles. The van der Waals surface area contributed by atoms with Crippen molar-refractivity contribution >= 4 is 5.91 Å². The molecule has 0 atom stereocenters. The summed E-state index contributed by atoms with van der Waals surface area (Å²) in [5, 5.41) is 18.2. The van der Waals surface area contributed by atoms with E-state index in [-0.39, 0.29) is 16.9 Å². The van der Waals surface area contributed by atoms with Crippen molar-refractivity contribution in [2.75, 3.05) is 19.7 Å². The third-order valence-corrected chi connectivity index (χ3v) is 2.56. The summed E-state index contributed by atoms with van der Waals surface area (Å²) in [4.78, 5) is 12.5. The molecule has 0 unspecified atom stereocenters. The molecule has 0 heterocycles. The Kier molecular flexibility index (Phi) is 4.77. The number of nitrogens with zero attached hydrogens (tertiary/aromatic N) is 1. The number of benzene rings is 1. The normalized spacial score (nSPS) is 11.4. The largest absolute Gasteiger partial charge is 0.508 e. The van der Waals surface area contributed by atoms with Gasteiger partial charge in [-0.3, -0.25) is 4.79 Å². The molecule has 0 radical (unpaired) electrons. The maximum atomic E-state index is 12.4. The molecule has 7 heteroatoms. The number of phenolic OH excluding ortho intramolecular Hbond substituents is 1. The van der Waals surface area contributed by atoms with Gasteiger partial charge < -0.3 is 15.1 Å². The summed E-state index contributed by atoms with van der Waals surface area (Å²) < 4.78 is 37.1. The number of alkyl halides is 3. The van der Waals surface area contributed by atoms with Gasteiger partial charge in [-0.25, -0.2) is 0 Å². The summed E-state index contributed by atoms with van der Waals surface area (Å²) in [5.74, 6) is -1.04. The number of hydrogen-bond donors (Lipinski definition) is 2. The van der Waals surface area contributed by atoms with Crippen LogP contribution in [-0.2, 0) is 0 Å². The van der Waals surface area contributed by atoms with Crippen LogP contribution in [0.15, 0.2) is 18.2 Å². The summed E-state index contributed by atoms with van der Waals surface area (Å²) in [5.41, 5.74) is 0.190. The molecule has 0 spiro atoms. The van der Waals surface area contributed by atoms with Crippen molar-refractivity contribution in [1.29, 1.82) is 0 Å². The van der Waals surface area contributed by atoms with Gasteiger partial charge in [0.05, 0.1) is 6.61 Å². The van der Waals surface area contributed by atoms with Crippen molar-refractivity contribution in [1.82, 2.24) is 4.90 Å². The van der Waals surface area contributed by atoms with Crippen molar-refractivity contribution in [3.05, 3.63) is 29.3 Å². The smallest absolute Gasteiger partial charge is 0.406 e. The number of hydrogen-bond acceptors (Lipinski definition) is 3. The SMILES string of the molecule is Cc1c(O)cccc1C(=O)N(CCO)CC(F)(F)F. The van der Waals surface area contributed by atoms with Crippen LogP contribution in [0.4, 0.5) is 13.2 Å². The number of rotatable bonds is 4. The van der Waals surface area contributed by atoms with Gasteiger partial charge in [0.25, 0.3) is 5.91 Å². The number of halogens is 3. The summed E-state index contributed by atoms with van der Waals surface area (Å²) in [6, 6.07) is 4.05. The number of phenols is 1. The van der Waals surface area contributed by atoms with Gasteiger partial charge in [0.2, 0.25) is 0 Å². The van der Waals surface area contributed by atoms with Gasteiger partial charge in [-0.05, 0) is 19.1 Å². The minimum absolute atomic E-state index is 0.0160. The lowest BCUT2D eigenvalue weighted by Crippen LogP contribution is -2.40. The predicted octanol–water partition coefficient (Wildman–Crippen LogP) is 1.70. The van der Waals surface area contributed by atoms with Gasteiger partial charge in [-0.1, -0.05) is 6.07 Å². The molecule has 0 aromatic heterocycles. The Bertz CT molecular complexity index is 460. The predicted molar refractivity (Wildman–Crippen MR) is 61.9 cm³/mol. The van der Waals surface area contributed by atoms with Crippen LogP contribution in [0, 0.1) is 6.92 Å². The van der Waals surface area contributed by atoms with Gasteiger partial charge in [0.15, 0.2) is 0 Å². The minimum Gasteiger partial charge on any atom is -0.508 e. The fourth-order valence-corrected chi connectivity index (χ4v) is 1.62. The quantitative estimate of drug-likeness (QED) is 0.880. The van der Waals surface area contributed by atoms with E-state index in [2.05, 4.69) is 0 Å². The molecule has 106 valence electrons. The van der Waals surface area contributed by atoms with E-state index in [4.69, 9.17) is 5.11 Å². The average Bonchev–Trinajstić information content (AvgIpc) is 2.30. The summed E-state index contributed by atoms with van der Waals surface area (Å²) in [7, 11) is 0. The fraction of sp³-hybridized carbons (Fsp3) is 0.417. The van der Waals surface area contributed by atoms with Crippen LogP contribution in [0.3, 0.4) is 0 Å². The topological polar surface area (TPSA) is 60.8 Å². The second-order valence-corrected chi connectivity index (χ2v) is 4.02. The molecule has 1 amide bonds. The first-order valence-electron chi connectivity index (χ1n) is 5.51. The fourth-order valence-electron chi connectivity index (χ4n) is 1.62. The van der Waals surface area contributed by atoms with Gasteiger partial charge in [0.1, 0.15) is 12.3 Å². The molecule has 0 aliphatic rings. The van der Waals surface area contributed by atoms with Crippen LogP contribution in [0.5, 0.6) is 5.75 Å². The Morgan fingerprint density at radius 3 is 2.53 bits per heavy atom. The number of aromatic hydroxyl groups is 1. The van der Waals surface area contributed by atoms with Crippen molar-refractivity contribution in [3.8, 4) is 5.75 Å². The lowest BCUT2D eigenvalue weighted by atomic mass is 10.1. The maximum Gasteiger partial charge on any atom is 0.406 e. The highest BCUT2D eigenvalue weighted by molar-refractivity contribution is 5.96. The van der Waals surface area contributed by atoms with Crippen molar-refractivity contribution < 1.29 is 28.2 Å². The molecule has 19 heavy (non-hydrogen) atoms. The molecule has 1 rings (SSSR count). The van der Waals surface area contributed by atoms with Crippen molar-refractivity contribution in [2.45, 2.75) is 13.1 Å². The lowest BCUT2D eigenvalue weighted by molar-refractivity contribution is -0.141. The summed E-state index contributed by atoms with van der Waals surface area (Å²) in [6.07, 6.45) is -4.55. The van der Waals surface area contributed by atoms with Gasteiger partial charge in [0, 0.05) is 17.7 Å². The van der Waals surface area contributed by atoms with E-state index in [0.717, 1.165) is 0 Å². The molecule has 4 nitrogen and oxygen atoms in total. The van der Waals surface area contributed by atoms with Crippen LogP contribution in [0.1, 0.15) is 15.9 Å². The molecular formula is C12H14F3NO3. The zero-order valence-corrected chi connectivity index (χ0v) is 10.2. The molecule has 2 N–H and O–H groups in total. The van der Waals surface area contributed by atoms with Crippen LogP contribution >= 0.6 is 0 Å². The Morgan fingerprint density at radius 1 is 1.37 bits per heavy atom. The Morgan fingerprint density at radius 2 is 2.00 bits per heavy atom. The number of aliphatic hydroxyl groups is 1. The van der Waals surface area contributed by atoms with E-state index in [1.807, 2.05) is 0 Å². The third-order valence-electron chi connectivity index (χ3n) is 2.56. The molecular weight excluding hydrogens is 263 g/mol. The van der Waals surface area contributed by atoms with Crippen molar-refractivity contribution in [3.63, 3.8) is 0 Å². The molecule has 1 aromatic carbocycles.